The summed E-state index contributed by atoms with van der Waals surface area (Å²) in [6, 6.07) is 12.9. The van der Waals surface area contributed by atoms with Gasteiger partial charge in [-0.25, -0.2) is 18.7 Å². The molecule has 0 bridgehead atoms. The minimum absolute atomic E-state index is 0.000243. The number of hydrogen-bond acceptors (Lipinski definition) is 9. The molecule has 3 aromatic rings. The second kappa shape index (κ2) is 18.1. The van der Waals surface area contributed by atoms with Crippen molar-refractivity contribution in [3.8, 4) is 0 Å². The molecule has 12 nitrogen and oxygen atoms in total. The summed E-state index contributed by atoms with van der Waals surface area (Å²) in [4.78, 5) is 44.4. The average molecular weight is 737 g/mol. The van der Waals surface area contributed by atoms with E-state index >= 15 is 0 Å². The first kappa shape index (κ1) is 40.8. The van der Waals surface area contributed by atoms with Gasteiger partial charge in [-0.1, -0.05) is 48.0 Å². The number of carbonyl (C=O) groups is 3. The Bertz CT molecular complexity index is 1660. The summed E-state index contributed by atoms with van der Waals surface area (Å²) in [6.07, 6.45) is 1.12. The second-order valence-electron chi connectivity index (χ2n) is 13.6. The van der Waals surface area contributed by atoms with Gasteiger partial charge in [-0.15, -0.1) is 0 Å². The number of likely N-dealkylation sites (N-methyl/N-ethyl adjacent to an activating group) is 1. The van der Waals surface area contributed by atoms with Crippen LogP contribution in [0, 0.1) is 5.82 Å². The third-order valence-corrected chi connectivity index (χ3v) is 9.46. The summed E-state index contributed by atoms with van der Waals surface area (Å²) in [5.74, 6) is -0.989. The predicted molar refractivity (Wildman–Crippen MR) is 190 cm³/mol. The molecule has 1 atom stereocenters. The van der Waals surface area contributed by atoms with Gasteiger partial charge in [0.15, 0.2) is 0 Å². The van der Waals surface area contributed by atoms with Crippen LogP contribution in [-0.2, 0) is 38.9 Å². The van der Waals surface area contributed by atoms with E-state index in [1.54, 1.807) is 66.9 Å². The lowest BCUT2D eigenvalue weighted by Crippen LogP contribution is -2.42. The zero-order valence-corrected chi connectivity index (χ0v) is 31.2. The third kappa shape index (κ3) is 14.0. The lowest BCUT2D eigenvalue weighted by Gasteiger charge is -2.30. The molecule has 2 N–H and O–H groups in total. The Morgan fingerprint density at radius 3 is 2.30 bits per heavy atom. The summed E-state index contributed by atoms with van der Waals surface area (Å²) in [7, 11) is -2.41. The van der Waals surface area contributed by atoms with Crippen molar-refractivity contribution in [3.05, 3.63) is 71.1 Å². The minimum Gasteiger partial charge on any atom is -0.447 e. The number of anilines is 1. The van der Waals surface area contributed by atoms with Crippen LogP contribution in [0.15, 0.2) is 54.7 Å². The zero-order valence-electron chi connectivity index (χ0n) is 29.6. The van der Waals surface area contributed by atoms with Gasteiger partial charge >= 0.3 is 13.9 Å². The summed E-state index contributed by atoms with van der Waals surface area (Å²) in [6.45, 7) is 9.97. The number of aromatic nitrogens is 1. The van der Waals surface area contributed by atoms with Crippen molar-refractivity contribution in [3.63, 3.8) is 0 Å². The maximum atomic E-state index is 13.9. The predicted octanol–water partition coefficient (Wildman–Crippen LogP) is 7.69. The van der Waals surface area contributed by atoms with Crippen LogP contribution in [-0.4, -0.2) is 71.8 Å². The smallest absolute Gasteiger partial charge is 0.447 e. The van der Waals surface area contributed by atoms with E-state index in [-0.39, 0.29) is 68.1 Å². The number of amides is 3. The molecule has 0 aliphatic rings. The number of aryl methyl sites for hydroxylation is 1. The van der Waals surface area contributed by atoms with Gasteiger partial charge < -0.3 is 15.0 Å². The van der Waals surface area contributed by atoms with Gasteiger partial charge in [0, 0.05) is 38.0 Å². The first-order valence-electron chi connectivity index (χ1n) is 16.2. The second-order valence-corrected chi connectivity index (χ2v) is 15.5. The van der Waals surface area contributed by atoms with E-state index < -0.39 is 37.0 Å². The van der Waals surface area contributed by atoms with Crippen molar-refractivity contribution in [2.75, 3.05) is 32.1 Å². The molecule has 1 aromatic heterocycles. The summed E-state index contributed by atoms with van der Waals surface area (Å²) < 4.78 is 49.3. The molecule has 15 heteroatoms. The molecular weight excluding hydrogens is 690 g/mol. The topological polar surface area (TPSA) is 145 Å². The number of halogens is 2. The number of nitrogens with zero attached hydrogens (tertiary/aromatic N) is 2. The Morgan fingerprint density at radius 1 is 0.980 bits per heavy atom. The molecule has 0 aliphatic carbocycles. The van der Waals surface area contributed by atoms with Crippen molar-refractivity contribution >= 4 is 53.9 Å². The fourth-order valence-corrected chi connectivity index (χ4v) is 6.71. The quantitative estimate of drug-likeness (QED) is 0.112. The van der Waals surface area contributed by atoms with Crippen LogP contribution in [0.4, 0.5) is 15.0 Å². The molecule has 0 spiro atoms. The van der Waals surface area contributed by atoms with Crippen LogP contribution in [0.2, 0.25) is 5.02 Å². The molecule has 0 radical (unpaired) electrons. The van der Waals surface area contributed by atoms with Crippen molar-refractivity contribution in [1.82, 2.24) is 15.2 Å². The molecule has 0 fully saturated rings. The van der Waals surface area contributed by atoms with Crippen LogP contribution < -0.4 is 10.6 Å². The normalized spacial score (nSPS) is 12.7. The molecule has 274 valence electrons. The van der Waals surface area contributed by atoms with Gasteiger partial charge in [0.25, 0.3) is 0 Å². The first-order valence-corrected chi connectivity index (χ1v) is 18.1. The van der Waals surface area contributed by atoms with Crippen molar-refractivity contribution < 1.29 is 41.6 Å². The van der Waals surface area contributed by atoms with E-state index in [0.29, 0.717) is 5.56 Å². The number of pyridine rings is 1. The molecule has 3 amide bonds. The number of ether oxygens (including phenoxy) is 1. The molecule has 2 aromatic carbocycles. The fraction of sp³-hybridized carbons (Fsp3) is 0.486. The molecule has 0 saturated carbocycles. The van der Waals surface area contributed by atoms with Gasteiger partial charge in [0.05, 0.1) is 28.9 Å². The number of fused-ring (bicyclic) bond motifs is 1. The zero-order chi connectivity index (χ0) is 37.1. The van der Waals surface area contributed by atoms with E-state index in [1.807, 2.05) is 24.3 Å². The lowest BCUT2D eigenvalue weighted by atomic mass is 10.1. The van der Waals surface area contributed by atoms with Gasteiger partial charge in [-0.2, -0.15) is 0 Å². The largest absolute Gasteiger partial charge is 0.475 e. The average Bonchev–Trinajstić information content (AvgIpc) is 3.01. The van der Waals surface area contributed by atoms with Gasteiger partial charge in [-0.05, 0) is 77.5 Å². The number of hydrogen-bond donors (Lipinski definition) is 2. The van der Waals surface area contributed by atoms with Crippen LogP contribution in [0.3, 0.4) is 0 Å². The maximum absolute atomic E-state index is 13.9. The molecule has 3 rings (SSSR count). The highest BCUT2D eigenvalue weighted by Gasteiger charge is 2.37. The molecule has 0 unspecified atom stereocenters. The van der Waals surface area contributed by atoms with E-state index in [2.05, 4.69) is 15.6 Å². The van der Waals surface area contributed by atoms with Crippen LogP contribution in [0.5, 0.6) is 0 Å². The summed E-state index contributed by atoms with van der Waals surface area (Å²) in [5.41, 5.74) is -1.14. The highest BCUT2D eigenvalue weighted by atomic mass is 35.5. The SMILES string of the molecule is CN(C(=O)CCc1cccc(F)c1Cl)[C@@H](CCC(=O)NCCOP(=O)(OC(C)(C)C)OC(C)(C)C)COC(=O)Nc1cc2ccccc2cn1. The fourth-order valence-electron chi connectivity index (χ4n) is 4.69. The van der Waals surface area contributed by atoms with E-state index in [9.17, 15) is 23.3 Å². The lowest BCUT2D eigenvalue weighted by molar-refractivity contribution is -0.133. The highest BCUT2D eigenvalue weighted by Crippen LogP contribution is 2.55. The summed E-state index contributed by atoms with van der Waals surface area (Å²) in [5, 5.41) is 7.02. The van der Waals surface area contributed by atoms with E-state index in [1.165, 1.54) is 17.0 Å². The third-order valence-electron chi connectivity index (χ3n) is 7.00. The van der Waals surface area contributed by atoms with Gasteiger partial charge in [-0.3, -0.25) is 28.5 Å². The standard InChI is InChI=1S/C35H47ClFN4O8P/c1-34(2,3)48-50(45,49-35(4,5)6)47-20-19-38-30(42)17-16-27(41(7)31(43)18-15-24-13-10-14-28(37)32(24)36)23-46-33(44)40-29-21-25-11-8-9-12-26(25)22-39-29/h8-14,21-22,27H,15-20,23H2,1-7H3,(H,38,42)(H,39,40,44)/t27-/m0/s1. The van der Waals surface area contributed by atoms with Crippen molar-refractivity contribution in [1.29, 1.82) is 0 Å². The Kier molecular flexibility index (Phi) is 14.7. The molecule has 0 aliphatic heterocycles. The van der Waals surface area contributed by atoms with Crippen molar-refractivity contribution in [2.45, 2.75) is 84.5 Å². The van der Waals surface area contributed by atoms with E-state index in [4.69, 9.17) is 29.9 Å². The molecule has 1 heterocycles. The Labute approximate surface area is 298 Å². The summed E-state index contributed by atoms with van der Waals surface area (Å²) >= 11 is 6.07. The number of phosphoric acid groups is 1. The number of phosphoric ester groups is 1. The Balaban J connectivity index is 1.60. The van der Waals surface area contributed by atoms with E-state index in [0.717, 1.165) is 10.8 Å². The Hall–Kier alpha value is -3.61. The number of carbonyl (C=O) groups excluding carboxylic acids is 3. The maximum Gasteiger partial charge on any atom is 0.475 e. The minimum atomic E-state index is -3.95. The van der Waals surface area contributed by atoms with Gasteiger partial charge in [0.2, 0.25) is 11.8 Å². The monoisotopic (exact) mass is 736 g/mol. The number of benzene rings is 2. The van der Waals surface area contributed by atoms with Gasteiger partial charge in [0.1, 0.15) is 18.2 Å². The van der Waals surface area contributed by atoms with Crippen LogP contribution in [0.25, 0.3) is 10.8 Å². The Morgan fingerprint density at radius 2 is 1.64 bits per heavy atom. The number of nitrogens with one attached hydrogen (secondary N) is 2. The first-order chi connectivity index (χ1) is 23.3. The molecule has 0 saturated heterocycles. The van der Waals surface area contributed by atoms with Crippen molar-refractivity contribution in [2.24, 2.45) is 0 Å². The van der Waals surface area contributed by atoms with Crippen LogP contribution >= 0.6 is 19.4 Å². The van der Waals surface area contributed by atoms with Crippen LogP contribution in [0.1, 0.15) is 66.4 Å². The highest BCUT2D eigenvalue weighted by molar-refractivity contribution is 7.48. The molecule has 50 heavy (non-hydrogen) atoms. The molecular formula is C35H47ClFN4O8P. The number of rotatable bonds is 16.